The molecule has 3 aromatic carbocycles. The summed E-state index contributed by atoms with van der Waals surface area (Å²) < 4.78 is 5.51. The average molecular weight is 314 g/mol. The maximum Gasteiger partial charge on any atom is 0.338 e. The predicted octanol–water partition coefficient (Wildman–Crippen LogP) is 5.50. The molecular formula is C22H18O2. The molecule has 0 unspecified atom stereocenters. The minimum Gasteiger partial charge on any atom is -0.423 e. The van der Waals surface area contributed by atoms with Crippen molar-refractivity contribution in [3.8, 4) is 28.0 Å². The van der Waals surface area contributed by atoms with E-state index in [1.807, 2.05) is 66.7 Å². The molecule has 118 valence electrons. The number of hydrogen-bond acceptors (Lipinski definition) is 2. The van der Waals surface area contributed by atoms with Crippen LogP contribution in [0.2, 0.25) is 0 Å². The molecule has 0 atom stereocenters. The van der Waals surface area contributed by atoms with Gasteiger partial charge < -0.3 is 4.74 Å². The maximum atomic E-state index is 11.9. The summed E-state index contributed by atoms with van der Waals surface area (Å²) in [4.78, 5) is 11.9. The molecule has 0 fully saturated rings. The largest absolute Gasteiger partial charge is 0.423 e. The minimum absolute atomic E-state index is 0.376. The Bertz CT molecular complexity index is 865. The predicted molar refractivity (Wildman–Crippen MR) is 97.8 cm³/mol. The van der Waals surface area contributed by atoms with Crippen LogP contribution in [0.3, 0.4) is 0 Å². The SMILES string of the molecule is C=C(C)C(=O)Oc1ccc(-c2ccccc2)cc1-c1ccccc1. The first-order valence-corrected chi connectivity index (χ1v) is 7.78. The highest BCUT2D eigenvalue weighted by molar-refractivity contribution is 5.90. The van der Waals surface area contributed by atoms with Crippen molar-refractivity contribution in [1.29, 1.82) is 0 Å². The van der Waals surface area contributed by atoms with Crippen LogP contribution in [0, 0.1) is 0 Å². The molecule has 0 aliphatic carbocycles. The average Bonchev–Trinajstić information content (AvgIpc) is 2.63. The van der Waals surface area contributed by atoms with Crippen LogP contribution in [0.25, 0.3) is 22.3 Å². The molecule has 3 rings (SSSR count). The van der Waals surface area contributed by atoms with Gasteiger partial charge in [-0.2, -0.15) is 0 Å². The molecule has 2 nitrogen and oxygen atoms in total. The second-order valence-electron chi connectivity index (χ2n) is 5.61. The Kier molecular flexibility index (Phi) is 4.57. The van der Waals surface area contributed by atoms with Crippen molar-refractivity contribution in [2.24, 2.45) is 0 Å². The quantitative estimate of drug-likeness (QED) is 0.361. The zero-order valence-electron chi connectivity index (χ0n) is 13.5. The third-order valence-electron chi connectivity index (χ3n) is 3.72. The molecule has 24 heavy (non-hydrogen) atoms. The Balaban J connectivity index is 2.09. The summed E-state index contributed by atoms with van der Waals surface area (Å²) in [6, 6.07) is 25.9. The van der Waals surface area contributed by atoms with Gasteiger partial charge in [0.05, 0.1) is 0 Å². The van der Waals surface area contributed by atoms with Crippen LogP contribution in [0.5, 0.6) is 5.75 Å². The number of carbonyl (C=O) groups excluding carboxylic acids is 1. The number of esters is 1. The molecule has 0 N–H and O–H groups in total. The molecule has 0 spiro atoms. The van der Waals surface area contributed by atoms with E-state index >= 15 is 0 Å². The molecule has 0 aromatic heterocycles. The molecule has 0 saturated heterocycles. The van der Waals surface area contributed by atoms with Gasteiger partial charge in [-0.25, -0.2) is 4.79 Å². The van der Waals surface area contributed by atoms with Gasteiger partial charge in [0.25, 0.3) is 0 Å². The van der Waals surface area contributed by atoms with Crippen LogP contribution in [-0.4, -0.2) is 5.97 Å². The molecule has 3 aromatic rings. The number of benzene rings is 3. The van der Waals surface area contributed by atoms with Crippen LogP contribution in [0.15, 0.2) is 91.0 Å². The van der Waals surface area contributed by atoms with Crippen molar-refractivity contribution < 1.29 is 9.53 Å². The Morgan fingerprint density at radius 1 is 0.792 bits per heavy atom. The molecule has 0 aliphatic heterocycles. The zero-order chi connectivity index (χ0) is 16.9. The number of carbonyl (C=O) groups is 1. The highest BCUT2D eigenvalue weighted by Gasteiger charge is 2.13. The van der Waals surface area contributed by atoms with Crippen molar-refractivity contribution in [3.63, 3.8) is 0 Å². The second-order valence-corrected chi connectivity index (χ2v) is 5.61. The molecule has 0 bridgehead atoms. The van der Waals surface area contributed by atoms with Gasteiger partial charge in [-0.15, -0.1) is 0 Å². The van der Waals surface area contributed by atoms with Crippen molar-refractivity contribution >= 4 is 5.97 Å². The Morgan fingerprint density at radius 2 is 1.38 bits per heavy atom. The van der Waals surface area contributed by atoms with E-state index in [9.17, 15) is 4.79 Å². The number of rotatable bonds is 4. The van der Waals surface area contributed by atoms with E-state index in [-0.39, 0.29) is 0 Å². The van der Waals surface area contributed by atoms with Gasteiger partial charge in [0, 0.05) is 11.1 Å². The Morgan fingerprint density at radius 3 is 1.96 bits per heavy atom. The maximum absolute atomic E-state index is 11.9. The topological polar surface area (TPSA) is 26.3 Å². The zero-order valence-corrected chi connectivity index (χ0v) is 13.5. The van der Waals surface area contributed by atoms with Crippen LogP contribution in [0.1, 0.15) is 6.92 Å². The lowest BCUT2D eigenvalue weighted by Crippen LogP contribution is -2.09. The normalized spacial score (nSPS) is 10.2. The highest BCUT2D eigenvalue weighted by Crippen LogP contribution is 2.34. The summed E-state index contributed by atoms with van der Waals surface area (Å²) in [5.41, 5.74) is 4.45. The molecule has 2 heteroatoms. The highest BCUT2D eigenvalue weighted by atomic mass is 16.5. The molecule has 0 radical (unpaired) electrons. The lowest BCUT2D eigenvalue weighted by Gasteiger charge is -2.13. The summed E-state index contributed by atoms with van der Waals surface area (Å²) in [7, 11) is 0. The third-order valence-corrected chi connectivity index (χ3v) is 3.72. The summed E-state index contributed by atoms with van der Waals surface area (Å²) in [6.45, 7) is 5.29. The van der Waals surface area contributed by atoms with Crippen molar-refractivity contribution in [2.75, 3.05) is 0 Å². The first kappa shape index (κ1) is 15.8. The van der Waals surface area contributed by atoms with Crippen LogP contribution < -0.4 is 4.74 Å². The van der Waals surface area contributed by atoms with Gasteiger partial charge in [-0.3, -0.25) is 0 Å². The van der Waals surface area contributed by atoms with E-state index in [0.29, 0.717) is 11.3 Å². The minimum atomic E-state index is -0.417. The standard InChI is InChI=1S/C22H18O2/c1-16(2)22(23)24-21-14-13-19(17-9-5-3-6-10-17)15-20(21)18-11-7-4-8-12-18/h3-15H,1H2,2H3. The van der Waals surface area contributed by atoms with Crippen LogP contribution >= 0.6 is 0 Å². The van der Waals surface area contributed by atoms with E-state index in [1.165, 1.54) is 0 Å². The summed E-state index contributed by atoms with van der Waals surface area (Å²) in [5, 5.41) is 0. The van der Waals surface area contributed by atoms with Crippen molar-refractivity contribution in [1.82, 2.24) is 0 Å². The van der Waals surface area contributed by atoms with Gasteiger partial charge in [0.2, 0.25) is 0 Å². The Labute approximate surface area is 142 Å². The van der Waals surface area contributed by atoms with Crippen molar-refractivity contribution in [2.45, 2.75) is 6.92 Å². The van der Waals surface area contributed by atoms with Gasteiger partial charge in [-0.05, 0) is 35.7 Å². The fourth-order valence-corrected chi connectivity index (χ4v) is 2.46. The summed E-state index contributed by atoms with van der Waals surface area (Å²) in [6.07, 6.45) is 0. The second kappa shape index (κ2) is 6.97. The lowest BCUT2D eigenvalue weighted by atomic mass is 9.98. The van der Waals surface area contributed by atoms with Gasteiger partial charge >= 0.3 is 5.97 Å². The Hall–Kier alpha value is -3.13. The first-order chi connectivity index (χ1) is 11.6. The molecule has 0 saturated carbocycles. The summed E-state index contributed by atoms with van der Waals surface area (Å²) >= 11 is 0. The van der Waals surface area contributed by atoms with E-state index in [1.54, 1.807) is 6.92 Å². The first-order valence-electron chi connectivity index (χ1n) is 7.78. The van der Waals surface area contributed by atoms with Gasteiger partial charge in [0.1, 0.15) is 5.75 Å². The number of ether oxygens (including phenoxy) is 1. The van der Waals surface area contributed by atoms with E-state index in [4.69, 9.17) is 4.74 Å². The lowest BCUT2D eigenvalue weighted by molar-refractivity contribution is -0.130. The smallest absolute Gasteiger partial charge is 0.338 e. The molecular weight excluding hydrogens is 296 g/mol. The molecule has 0 heterocycles. The molecule has 0 aliphatic rings. The third kappa shape index (κ3) is 3.44. The van der Waals surface area contributed by atoms with Crippen LogP contribution in [0.4, 0.5) is 0 Å². The van der Waals surface area contributed by atoms with E-state index < -0.39 is 5.97 Å². The monoisotopic (exact) mass is 314 g/mol. The van der Waals surface area contributed by atoms with Crippen molar-refractivity contribution in [3.05, 3.63) is 91.0 Å². The van der Waals surface area contributed by atoms with Gasteiger partial charge in [0.15, 0.2) is 0 Å². The van der Waals surface area contributed by atoms with Crippen LogP contribution in [-0.2, 0) is 4.79 Å². The fourth-order valence-electron chi connectivity index (χ4n) is 2.46. The summed E-state index contributed by atoms with van der Waals surface area (Å²) in [5.74, 6) is 0.119. The fraction of sp³-hybridized carbons (Fsp3) is 0.0455. The number of hydrogen-bond donors (Lipinski definition) is 0. The van der Waals surface area contributed by atoms with Gasteiger partial charge in [-0.1, -0.05) is 73.3 Å². The van der Waals surface area contributed by atoms with E-state index in [0.717, 1.165) is 22.3 Å². The van der Waals surface area contributed by atoms with E-state index in [2.05, 4.69) is 18.7 Å². The molecule has 0 amide bonds.